The lowest BCUT2D eigenvalue weighted by atomic mass is 10.1. The van der Waals surface area contributed by atoms with Crippen LogP contribution in [0.3, 0.4) is 0 Å². The first-order valence-electron chi connectivity index (χ1n) is 6.09. The van der Waals surface area contributed by atoms with Crippen molar-refractivity contribution in [1.82, 2.24) is 0 Å². The number of hydrogen-bond donors (Lipinski definition) is 2. The molecule has 0 fully saturated rings. The molecule has 0 spiro atoms. The van der Waals surface area contributed by atoms with E-state index in [-0.39, 0.29) is 6.90 Å². The Morgan fingerprint density at radius 1 is 0.917 bits per heavy atom. The monoisotopic (exact) mass is 399 g/mol. The van der Waals surface area contributed by atoms with Gasteiger partial charge in [0.15, 0.2) is 0 Å². The highest BCUT2D eigenvalue weighted by atomic mass is 79.9. The maximum atomic E-state index is 10.5. The highest BCUT2D eigenvalue weighted by Crippen LogP contribution is 2.10. The maximum Gasteiger partial charge on any atom is 1.00 e. The van der Waals surface area contributed by atoms with Crippen LogP contribution in [0.4, 0.5) is 5.69 Å². The van der Waals surface area contributed by atoms with Crippen molar-refractivity contribution < 1.29 is 42.3 Å². The maximum absolute atomic E-state index is 10.5. The molecule has 2 aromatic carbocycles. The SMILES string of the molecule is O.O=C([O-])c1cc(C(=O)[O-])cc(C(=O)O)c1.[H+].[NH3+]c1ccc(Br)cc1. The van der Waals surface area contributed by atoms with Gasteiger partial charge in [0.25, 0.3) is 0 Å². The number of carboxylic acids is 3. The van der Waals surface area contributed by atoms with Gasteiger partial charge in [-0.25, -0.2) is 4.79 Å². The summed E-state index contributed by atoms with van der Waals surface area (Å²) in [6.45, 7) is 0. The molecule has 0 atom stereocenters. The molecule has 0 radical (unpaired) electrons. The van der Waals surface area contributed by atoms with Crippen LogP contribution in [0.15, 0.2) is 46.9 Å². The van der Waals surface area contributed by atoms with E-state index in [1.807, 2.05) is 24.3 Å². The second-order valence-corrected chi connectivity index (χ2v) is 5.22. The highest BCUT2D eigenvalue weighted by Gasteiger charge is 2.08. The molecule has 0 amide bonds. The fourth-order valence-electron chi connectivity index (χ4n) is 1.47. The van der Waals surface area contributed by atoms with Crippen molar-refractivity contribution in [2.24, 2.45) is 0 Å². The van der Waals surface area contributed by atoms with Crippen LogP contribution in [0.25, 0.3) is 0 Å². The molecule has 0 heterocycles. The number of halogens is 1. The smallest absolute Gasteiger partial charge is 0.545 e. The van der Waals surface area contributed by atoms with Gasteiger partial charge in [-0.15, -0.1) is 0 Å². The lowest BCUT2D eigenvalue weighted by Gasteiger charge is -2.08. The normalized spacial score (nSPS) is 9.08. The molecule has 0 aliphatic heterocycles. The number of quaternary nitrogens is 1. The minimum absolute atomic E-state index is 0. The molecular weight excluding hydrogens is 386 g/mol. The summed E-state index contributed by atoms with van der Waals surface area (Å²) < 4.78 is 1.10. The van der Waals surface area contributed by atoms with Gasteiger partial charge in [0.2, 0.25) is 0 Å². The van der Waals surface area contributed by atoms with E-state index in [9.17, 15) is 24.6 Å². The first-order valence-corrected chi connectivity index (χ1v) is 6.88. The van der Waals surface area contributed by atoms with Crippen LogP contribution in [-0.2, 0) is 0 Å². The first-order chi connectivity index (χ1) is 10.7. The Hall–Kier alpha value is -2.75. The quantitative estimate of drug-likeness (QED) is 0.648. The Kier molecular flexibility index (Phi) is 8.33. The van der Waals surface area contributed by atoms with E-state index in [0.717, 1.165) is 28.4 Å². The fourth-order valence-corrected chi connectivity index (χ4v) is 1.74. The Bertz CT molecular complexity index is 650. The Morgan fingerprint density at radius 2 is 1.29 bits per heavy atom. The zero-order valence-corrected chi connectivity index (χ0v) is 13.7. The van der Waals surface area contributed by atoms with E-state index < -0.39 is 34.6 Å². The Labute approximate surface area is 146 Å². The average molecular weight is 400 g/mol. The molecule has 0 unspecified atom stereocenters. The molecule has 8 nitrogen and oxygen atoms in total. The van der Waals surface area contributed by atoms with E-state index >= 15 is 0 Å². The van der Waals surface area contributed by atoms with Crippen molar-refractivity contribution in [3.63, 3.8) is 0 Å². The number of carboxylic acid groups (broad SMARTS) is 3. The number of benzene rings is 2. The standard InChI is InChI=1S/C9H6O6.C6H6BrN.H2O/c10-7(11)4-1-5(8(12)13)3-6(2-4)9(14)15;7-5-1-3-6(8)4-2-5;/h1-3H,(H,10,11)(H,12,13)(H,14,15);1-4H,8H2;1H2. The van der Waals surface area contributed by atoms with Gasteiger partial charge in [0.1, 0.15) is 5.69 Å². The zero-order valence-electron chi connectivity index (χ0n) is 13.1. The van der Waals surface area contributed by atoms with E-state index in [1.165, 1.54) is 0 Å². The molecule has 0 saturated heterocycles. The van der Waals surface area contributed by atoms with Crippen LogP contribution in [0.5, 0.6) is 0 Å². The van der Waals surface area contributed by atoms with Crippen LogP contribution >= 0.6 is 15.9 Å². The molecule has 0 aliphatic carbocycles. The summed E-state index contributed by atoms with van der Waals surface area (Å²) in [6.07, 6.45) is 0. The Morgan fingerprint density at radius 3 is 1.58 bits per heavy atom. The summed E-state index contributed by atoms with van der Waals surface area (Å²) >= 11 is 3.32. The van der Waals surface area contributed by atoms with Gasteiger partial charge >= 0.3 is 7.40 Å². The number of aromatic carboxylic acids is 3. The molecule has 0 bridgehead atoms. The number of rotatable bonds is 3. The molecule has 6 N–H and O–H groups in total. The van der Waals surface area contributed by atoms with Crippen LogP contribution in [-0.4, -0.2) is 28.5 Å². The second-order valence-electron chi connectivity index (χ2n) is 4.31. The van der Waals surface area contributed by atoms with Gasteiger partial charge in [-0.1, -0.05) is 15.9 Å². The minimum Gasteiger partial charge on any atom is -0.545 e. The highest BCUT2D eigenvalue weighted by molar-refractivity contribution is 9.10. The van der Waals surface area contributed by atoms with Crippen molar-refractivity contribution >= 4 is 39.5 Å². The fraction of sp³-hybridized carbons (Fsp3) is 0. The van der Waals surface area contributed by atoms with Crippen molar-refractivity contribution in [3.8, 4) is 0 Å². The van der Waals surface area contributed by atoms with E-state index in [2.05, 4.69) is 21.7 Å². The van der Waals surface area contributed by atoms with Crippen LogP contribution in [0.1, 0.15) is 32.5 Å². The predicted molar refractivity (Wildman–Crippen MR) is 83.5 cm³/mol. The summed E-state index contributed by atoms with van der Waals surface area (Å²) in [5, 5.41) is 29.4. The number of hydrogen-bond acceptors (Lipinski definition) is 5. The summed E-state index contributed by atoms with van der Waals surface area (Å²) in [5.74, 6) is -4.73. The Balaban J connectivity index is 0. The van der Waals surface area contributed by atoms with E-state index in [1.54, 1.807) is 0 Å². The summed E-state index contributed by atoms with van der Waals surface area (Å²) in [4.78, 5) is 31.4. The van der Waals surface area contributed by atoms with Crippen molar-refractivity contribution in [2.75, 3.05) is 0 Å². The largest absolute Gasteiger partial charge is 1.00 e. The molecule has 0 saturated carbocycles. The van der Waals surface area contributed by atoms with Crippen molar-refractivity contribution in [3.05, 3.63) is 63.6 Å². The molecule has 24 heavy (non-hydrogen) atoms. The summed E-state index contributed by atoms with van der Waals surface area (Å²) in [7, 11) is 0. The van der Waals surface area contributed by atoms with Crippen molar-refractivity contribution in [2.45, 2.75) is 0 Å². The zero-order chi connectivity index (χ0) is 17.6. The summed E-state index contributed by atoms with van der Waals surface area (Å²) in [5.41, 5.74) is 3.30. The molecular formula is C15H14BrNO7. The van der Waals surface area contributed by atoms with Gasteiger partial charge in [0.05, 0.1) is 17.5 Å². The van der Waals surface area contributed by atoms with E-state index in [0.29, 0.717) is 0 Å². The van der Waals surface area contributed by atoms with Gasteiger partial charge < -0.3 is 36.1 Å². The van der Waals surface area contributed by atoms with Gasteiger partial charge in [-0.3, -0.25) is 0 Å². The molecule has 2 rings (SSSR count). The lowest BCUT2D eigenvalue weighted by Crippen LogP contribution is -2.39. The third-order valence-corrected chi connectivity index (χ3v) is 3.09. The molecule has 0 aliphatic rings. The molecule has 0 aromatic heterocycles. The lowest BCUT2D eigenvalue weighted by molar-refractivity contribution is -0.256. The second kappa shape index (κ2) is 9.40. The summed E-state index contributed by atoms with van der Waals surface area (Å²) in [6, 6.07) is 10.3. The third-order valence-electron chi connectivity index (χ3n) is 2.56. The molecule has 128 valence electrons. The first kappa shape index (κ1) is 21.2. The van der Waals surface area contributed by atoms with Gasteiger partial charge in [0, 0.05) is 4.47 Å². The number of carbonyl (C=O) groups is 3. The minimum atomic E-state index is -1.65. The van der Waals surface area contributed by atoms with Gasteiger partial charge in [-0.05, 0) is 53.6 Å². The van der Waals surface area contributed by atoms with Crippen LogP contribution in [0.2, 0.25) is 0 Å². The van der Waals surface area contributed by atoms with Crippen molar-refractivity contribution in [1.29, 1.82) is 0 Å². The predicted octanol–water partition coefficient (Wildman–Crippen LogP) is -1.28. The van der Waals surface area contributed by atoms with E-state index in [4.69, 9.17) is 5.11 Å². The average Bonchev–Trinajstić information content (AvgIpc) is 2.50. The van der Waals surface area contributed by atoms with Gasteiger partial charge in [-0.2, -0.15) is 0 Å². The molecule has 2 aromatic rings. The number of carbonyl (C=O) groups excluding carboxylic acids is 2. The van der Waals surface area contributed by atoms with Crippen LogP contribution in [0, 0.1) is 0 Å². The topological polar surface area (TPSA) is 177 Å². The molecule has 9 heteroatoms. The van der Waals surface area contributed by atoms with Crippen LogP contribution < -0.4 is 15.9 Å². The third kappa shape index (κ3) is 6.57.